The van der Waals surface area contributed by atoms with Gasteiger partial charge in [-0.05, 0) is 43.9 Å². The predicted molar refractivity (Wildman–Crippen MR) is 68.9 cm³/mol. The average molecular weight is 260 g/mol. The van der Waals surface area contributed by atoms with Crippen molar-refractivity contribution in [2.45, 2.75) is 38.5 Å². The smallest absolute Gasteiger partial charge is 0.247 e. The van der Waals surface area contributed by atoms with Crippen molar-refractivity contribution in [3.8, 4) is 6.07 Å². The highest BCUT2D eigenvalue weighted by Gasteiger charge is 2.46. The molecule has 3 rings (SSSR count). The number of nitrogens with zero attached hydrogens (tertiary/aromatic N) is 2. The van der Waals surface area contributed by atoms with Crippen LogP contribution >= 0.6 is 0 Å². The number of hydrogen-bond donors (Lipinski definition) is 0. The van der Waals surface area contributed by atoms with E-state index in [1.54, 1.807) is 4.90 Å². The minimum atomic E-state index is -1.04. The first kappa shape index (κ1) is 12.7. The molecule has 2 bridgehead atoms. The zero-order valence-corrected chi connectivity index (χ0v) is 11.2. The summed E-state index contributed by atoms with van der Waals surface area (Å²) in [5.74, 6) is -0.281. The Bertz CT molecular complexity index is 434. The van der Waals surface area contributed by atoms with Crippen LogP contribution in [-0.4, -0.2) is 29.7 Å². The SMILES string of the molecule is N#C[C@H](C(=O)[C@H]1C[C@H]2CC[C@H]1C2)C(=O)N1CCCC1. The minimum Gasteiger partial charge on any atom is -0.341 e. The maximum absolute atomic E-state index is 12.5. The second-order valence-electron chi connectivity index (χ2n) is 6.28. The van der Waals surface area contributed by atoms with Gasteiger partial charge in [0.1, 0.15) is 0 Å². The van der Waals surface area contributed by atoms with E-state index in [4.69, 9.17) is 0 Å². The summed E-state index contributed by atoms with van der Waals surface area (Å²) in [6.45, 7) is 1.42. The molecule has 2 aliphatic carbocycles. The number of rotatable bonds is 3. The van der Waals surface area contributed by atoms with Crippen LogP contribution in [-0.2, 0) is 9.59 Å². The molecule has 0 aromatic heterocycles. The summed E-state index contributed by atoms with van der Waals surface area (Å²) in [6.07, 6.45) is 6.36. The predicted octanol–water partition coefficient (Wildman–Crippen LogP) is 1.75. The zero-order valence-electron chi connectivity index (χ0n) is 11.2. The Kier molecular flexibility index (Phi) is 3.30. The van der Waals surface area contributed by atoms with Crippen molar-refractivity contribution >= 4 is 11.7 Å². The molecule has 1 heterocycles. The molecule has 1 amide bonds. The van der Waals surface area contributed by atoms with Crippen LogP contribution in [0.4, 0.5) is 0 Å². The number of Topliss-reactive ketones (excluding diaryl/α,β-unsaturated/α-hetero) is 1. The fraction of sp³-hybridized carbons (Fsp3) is 0.800. The Morgan fingerprint density at radius 3 is 2.42 bits per heavy atom. The molecule has 4 atom stereocenters. The second kappa shape index (κ2) is 4.96. The van der Waals surface area contributed by atoms with Gasteiger partial charge in [-0.2, -0.15) is 5.26 Å². The molecule has 19 heavy (non-hydrogen) atoms. The van der Waals surface area contributed by atoms with Crippen molar-refractivity contribution in [2.75, 3.05) is 13.1 Å². The van der Waals surface area contributed by atoms with Crippen molar-refractivity contribution in [3.05, 3.63) is 0 Å². The van der Waals surface area contributed by atoms with Crippen LogP contribution in [0.2, 0.25) is 0 Å². The topological polar surface area (TPSA) is 61.2 Å². The van der Waals surface area contributed by atoms with Gasteiger partial charge in [-0.1, -0.05) is 6.42 Å². The van der Waals surface area contributed by atoms with Gasteiger partial charge in [0, 0.05) is 19.0 Å². The molecule has 1 saturated heterocycles. The molecule has 4 heteroatoms. The van der Waals surface area contributed by atoms with E-state index >= 15 is 0 Å². The van der Waals surface area contributed by atoms with E-state index in [1.807, 2.05) is 6.07 Å². The number of fused-ring (bicyclic) bond motifs is 2. The third-order valence-electron chi connectivity index (χ3n) is 5.18. The van der Waals surface area contributed by atoms with Crippen molar-refractivity contribution in [1.82, 2.24) is 4.90 Å². The van der Waals surface area contributed by atoms with E-state index in [0.717, 1.165) is 32.1 Å². The van der Waals surface area contributed by atoms with E-state index in [-0.39, 0.29) is 17.6 Å². The van der Waals surface area contributed by atoms with Gasteiger partial charge in [0.25, 0.3) is 0 Å². The Hall–Kier alpha value is -1.37. The number of carbonyl (C=O) groups excluding carboxylic acids is 2. The van der Waals surface area contributed by atoms with Crippen molar-refractivity contribution < 1.29 is 9.59 Å². The van der Waals surface area contributed by atoms with Crippen LogP contribution in [0.5, 0.6) is 0 Å². The lowest BCUT2D eigenvalue weighted by atomic mass is 9.81. The summed E-state index contributed by atoms with van der Waals surface area (Å²) < 4.78 is 0. The number of likely N-dealkylation sites (tertiary alicyclic amines) is 1. The second-order valence-corrected chi connectivity index (χ2v) is 6.28. The lowest BCUT2D eigenvalue weighted by Gasteiger charge is -2.24. The molecule has 3 aliphatic rings. The largest absolute Gasteiger partial charge is 0.341 e. The molecule has 0 aromatic carbocycles. The minimum absolute atomic E-state index is 0.0186. The number of hydrogen-bond acceptors (Lipinski definition) is 3. The molecule has 4 nitrogen and oxygen atoms in total. The Balaban J connectivity index is 1.70. The van der Waals surface area contributed by atoms with E-state index in [0.29, 0.717) is 24.9 Å². The Morgan fingerprint density at radius 1 is 1.16 bits per heavy atom. The first-order valence-corrected chi connectivity index (χ1v) is 7.43. The van der Waals surface area contributed by atoms with Gasteiger partial charge < -0.3 is 4.90 Å². The third-order valence-corrected chi connectivity index (χ3v) is 5.18. The van der Waals surface area contributed by atoms with Gasteiger partial charge in [0.2, 0.25) is 5.91 Å². The van der Waals surface area contributed by atoms with Gasteiger partial charge in [-0.25, -0.2) is 0 Å². The number of ketones is 1. The molecule has 0 radical (unpaired) electrons. The highest BCUT2D eigenvalue weighted by Crippen LogP contribution is 2.49. The lowest BCUT2D eigenvalue weighted by Crippen LogP contribution is -2.40. The van der Waals surface area contributed by atoms with Crippen LogP contribution in [0.1, 0.15) is 38.5 Å². The molecule has 0 N–H and O–H groups in total. The van der Waals surface area contributed by atoms with E-state index in [2.05, 4.69) is 0 Å². The molecule has 0 unspecified atom stereocenters. The maximum Gasteiger partial charge on any atom is 0.247 e. The van der Waals surface area contributed by atoms with Crippen molar-refractivity contribution in [2.24, 2.45) is 23.7 Å². The van der Waals surface area contributed by atoms with Crippen molar-refractivity contribution in [3.63, 3.8) is 0 Å². The lowest BCUT2D eigenvalue weighted by molar-refractivity contribution is -0.140. The van der Waals surface area contributed by atoms with Gasteiger partial charge in [-0.15, -0.1) is 0 Å². The molecule has 102 valence electrons. The maximum atomic E-state index is 12.5. The standard InChI is InChI=1S/C15H20N2O2/c16-9-13(15(19)17-5-1-2-6-17)14(18)12-8-10-3-4-11(12)7-10/h10-13H,1-8H2/t10-,11-,12-,13+/m0/s1. The normalized spacial score (nSPS) is 34.3. The van der Waals surface area contributed by atoms with Crippen LogP contribution in [0.25, 0.3) is 0 Å². The van der Waals surface area contributed by atoms with Gasteiger partial charge >= 0.3 is 0 Å². The quantitative estimate of drug-likeness (QED) is 0.726. The van der Waals surface area contributed by atoms with Crippen LogP contribution in [0.15, 0.2) is 0 Å². The van der Waals surface area contributed by atoms with E-state index in [1.165, 1.54) is 6.42 Å². The number of carbonyl (C=O) groups is 2. The first-order valence-electron chi connectivity index (χ1n) is 7.43. The fourth-order valence-electron chi connectivity index (χ4n) is 4.17. The summed E-state index contributed by atoms with van der Waals surface area (Å²) in [5, 5.41) is 9.24. The Labute approximate surface area is 113 Å². The number of amides is 1. The first-order chi connectivity index (χ1) is 9.20. The summed E-state index contributed by atoms with van der Waals surface area (Å²) in [4.78, 5) is 26.5. The fourth-order valence-corrected chi connectivity index (χ4v) is 4.17. The van der Waals surface area contributed by atoms with Crippen LogP contribution in [0, 0.1) is 35.0 Å². The van der Waals surface area contributed by atoms with E-state index in [9.17, 15) is 14.9 Å². The van der Waals surface area contributed by atoms with Gasteiger partial charge in [-0.3, -0.25) is 9.59 Å². The summed E-state index contributed by atoms with van der Waals surface area (Å²) in [7, 11) is 0. The highest BCUT2D eigenvalue weighted by molar-refractivity contribution is 6.05. The molecule has 2 saturated carbocycles. The zero-order chi connectivity index (χ0) is 13.4. The summed E-state index contributed by atoms with van der Waals surface area (Å²) >= 11 is 0. The van der Waals surface area contributed by atoms with Crippen molar-refractivity contribution in [1.29, 1.82) is 5.26 Å². The third kappa shape index (κ3) is 2.16. The van der Waals surface area contributed by atoms with Gasteiger partial charge in [0.15, 0.2) is 11.7 Å². The summed E-state index contributed by atoms with van der Waals surface area (Å²) in [5.41, 5.74) is 0. The van der Waals surface area contributed by atoms with E-state index < -0.39 is 5.92 Å². The molecular weight excluding hydrogens is 240 g/mol. The number of nitriles is 1. The van der Waals surface area contributed by atoms with Crippen LogP contribution in [0.3, 0.4) is 0 Å². The molecule has 1 aliphatic heterocycles. The Morgan fingerprint density at radius 2 is 1.89 bits per heavy atom. The monoisotopic (exact) mass is 260 g/mol. The molecular formula is C15H20N2O2. The average Bonchev–Trinajstić information content (AvgIpc) is 3.15. The molecule has 3 fully saturated rings. The molecule has 0 spiro atoms. The van der Waals surface area contributed by atoms with Gasteiger partial charge in [0.05, 0.1) is 6.07 Å². The highest BCUT2D eigenvalue weighted by atomic mass is 16.2. The molecule has 0 aromatic rings. The summed E-state index contributed by atoms with van der Waals surface area (Å²) in [6, 6.07) is 1.97. The van der Waals surface area contributed by atoms with Crippen LogP contribution < -0.4 is 0 Å².